The van der Waals surface area contributed by atoms with Crippen LogP contribution >= 0.6 is 0 Å². The molecule has 0 spiro atoms. The number of aliphatic hydroxyl groups is 1. The zero-order valence-electron chi connectivity index (χ0n) is 17.4. The van der Waals surface area contributed by atoms with Crippen LogP contribution in [-0.2, 0) is 14.3 Å². The standard InChI is InChI=1S/C20H25N5O5/c1-5-15-14(28)9-16(30-15)25-10-13(7-6-8-21-11(2)26)17-18(25)23-20(22-12(3)27)24-19(17)29-4/h10,14-16,28H,5,8-9H2,1-4H3,(H,21,26)(H,22,23,24,27)/t14-,15-,16-/m1/s1. The maximum Gasteiger partial charge on any atom is 0.234 e. The normalized spacial score (nSPS) is 20.5. The first-order valence-corrected chi connectivity index (χ1v) is 9.65. The number of amides is 2. The monoisotopic (exact) mass is 415 g/mol. The van der Waals surface area contributed by atoms with Crippen molar-refractivity contribution in [2.45, 2.75) is 52.0 Å². The minimum absolute atomic E-state index is 0.0922. The fourth-order valence-corrected chi connectivity index (χ4v) is 3.35. The van der Waals surface area contributed by atoms with E-state index >= 15 is 0 Å². The second-order valence-corrected chi connectivity index (χ2v) is 6.94. The second-order valence-electron chi connectivity index (χ2n) is 6.94. The molecule has 160 valence electrons. The summed E-state index contributed by atoms with van der Waals surface area (Å²) in [6, 6.07) is 0. The Balaban J connectivity index is 2.11. The van der Waals surface area contributed by atoms with E-state index in [2.05, 4.69) is 32.4 Å². The molecule has 3 atom stereocenters. The van der Waals surface area contributed by atoms with E-state index in [0.29, 0.717) is 29.4 Å². The van der Waals surface area contributed by atoms with E-state index in [1.165, 1.54) is 21.0 Å². The predicted octanol–water partition coefficient (Wildman–Crippen LogP) is 0.944. The molecule has 1 aliphatic rings. The lowest BCUT2D eigenvalue weighted by atomic mass is 10.1. The number of methoxy groups -OCH3 is 1. The van der Waals surface area contributed by atoms with Gasteiger partial charge in [0.05, 0.1) is 36.8 Å². The molecule has 3 N–H and O–H groups in total. The molecule has 0 radical (unpaired) electrons. The molecule has 2 aromatic heterocycles. The zero-order chi connectivity index (χ0) is 21.8. The molecule has 2 amide bonds. The Kier molecular flexibility index (Phi) is 6.54. The highest BCUT2D eigenvalue weighted by molar-refractivity contribution is 5.92. The minimum atomic E-state index is -0.592. The number of hydrogen-bond acceptors (Lipinski definition) is 7. The lowest BCUT2D eigenvalue weighted by Crippen LogP contribution is -2.19. The van der Waals surface area contributed by atoms with Crippen molar-refractivity contribution in [2.75, 3.05) is 19.0 Å². The fraction of sp³-hybridized carbons (Fsp3) is 0.500. The molecule has 0 aromatic carbocycles. The van der Waals surface area contributed by atoms with Gasteiger partial charge in [-0.1, -0.05) is 18.8 Å². The van der Waals surface area contributed by atoms with Crippen molar-refractivity contribution < 1.29 is 24.2 Å². The minimum Gasteiger partial charge on any atom is -0.480 e. The Morgan fingerprint density at radius 1 is 1.37 bits per heavy atom. The summed E-state index contributed by atoms with van der Waals surface area (Å²) in [6.45, 7) is 4.91. The summed E-state index contributed by atoms with van der Waals surface area (Å²) in [7, 11) is 1.47. The van der Waals surface area contributed by atoms with Crippen LogP contribution in [0.2, 0.25) is 0 Å². The molecule has 3 heterocycles. The van der Waals surface area contributed by atoms with Crippen LogP contribution in [0.4, 0.5) is 5.95 Å². The highest BCUT2D eigenvalue weighted by Gasteiger charge is 2.35. The summed E-state index contributed by atoms with van der Waals surface area (Å²) in [6.07, 6.45) is 1.50. The van der Waals surface area contributed by atoms with Crippen LogP contribution in [0.3, 0.4) is 0 Å². The zero-order valence-corrected chi connectivity index (χ0v) is 17.4. The van der Waals surface area contributed by atoms with Gasteiger partial charge in [-0.05, 0) is 6.42 Å². The Hall–Kier alpha value is -3.16. The molecule has 10 heteroatoms. The first-order valence-electron chi connectivity index (χ1n) is 9.65. The fourth-order valence-electron chi connectivity index (χ4n) is 3.35. The van der Waals surface area contributed by atoms with E-state index in [-0.39, 0.29) is 36.3 Å². The molecule has 0 aliphatic carbocycles. The Morgan fingerprint density at radius 2 is 2.13 bits per heavy atom. The first kappa shape index (κ1) is 21.5. The topological polar surface area (TPSA) is 128 Å². The third-order valence-corrected chi connectivity index (χ3v) is 4.69. The van der Waals surface area contributed by atoms with Gasteiger partial charge in [0.2, 0.25) is 23.6 Å². The van der Waals surface area contributed by atoms with E-state index in [0.717, 1.165) is 0 Å². The summed E-state index contributed by atoms with van der Waals surface area (Å²) in [5.74, 6) is 5.75. The summed E-state index contributed by atoms with van der Waals surface area (Å²) in [5, 5.41) is 16.0. The molecule has 0 unspecified atom stereocenters. The van der Waals surface area contributed by atoms with Crippen LogP contribution in [0.5, 0.6) is 5.88 Å². The molecule has 1 aliphatic heterocycles. The number of ether oxygens (including phenoxy) is 2. The van der Waals surface area contributed by atoms with Gasteiger partial charge in [-0.3, -0.25) is 14.9 Å². The van der Waals surface area contributed by atoms with E-state index in [1.807, 2.05) is 6.92 Å². The number of hydrogen-bond donors (Lipinski definition) is 3. The van der Waals surface area contributed by atoms with Gasteiger partial charge in [0.25, 0.3) is 0 Å². The maximum absolute atomic E-state index is 11.5. The summed E-state index contributed by atoms with van der Waals surface area (Å²) in [5.41, 5.74) is 1.04. The van der Waals surface area contributed by atoms with Crippen LogP contribution < -0.4 is 15.4 Å². The number of anilines is 1. The van der Waals surface area contributed by atoms with Crippen LogP contribution in [-0.4, -0.2) is 57.3 Å². The van der Waals surface area contributed by atoms with Crippen molar-refractivity contribution in [1.82, 2.24) is 19.9 Å². The highest BCUT2D eigenvalue weighted by Crippen LogP contribution is 2.36. The number of nitrogens with zero attached hydrogens (tertiary/aromatic N) is 3. The van der Waals surface area contributed by atoms with Crippen molar-refractivity contribution in [3.63, 3.8) is 0 Å². The third-order valence-electron chi connectivity index (χ3n) is 4.69. The number of rotatable bonds is 5. The van der Waals surface area contributed by atoms with Gasteiger partial charge in [-0.15, -0.1) is 0 Å². The highest BCUT2D eigenvalue weighted by atomic mass is 16.5. The molecule has 0 bridgehead atoms. The van der Waals surface area contributed by atoms with Crippen molar-refractivity contribution in [3.05, 3.63) is 11.8 Å². The van der Waals surface area contributed by atoms with Gasteiger partial charge in [0, 0.05) is 26.5 Å². The Bertz CT molecular complexity index is 1020. The summed E-state index contributed by atoms with van der Waals surface area (Å²) >= 11 is 0. The van der Waals surface area contributed by atoms with Crippen LogP contribution in [0.1, 0.15) is 45.4 Å². The molecule has 2 aromatic rings. The molecule has 30 heavy (non-hydrogen) atoms. The SMILES string of the molecule is CC[C@H]1O[C@@H](n2cc(C#CCNC(C)=O)c3c(OC)nc(NC(C)=O)nc32)C[C@H]1O. The third kappa shape index (κ3) is 4.53. The molecule has 0 saturated carbocycles. The van der Waals surface area contributed by atoms with Gasteiger partial charge < -0.3 is 24.5 Å². The van der Waals surface area contributed by atoms with E-state index < -0.39 is 12.3 Å². The lowest BCUT2D eigenvalue weighted by Gasteiger charge is -2.15. The van der Waals surface area contributed by atoms with Crippen LogP contribution in [0, 0.1) is 11.8 Å². The summed E-state index contributed by atoms with van der Waals surface area (Å²) < 4.78 is 13.2. The number of fused-ring (bicyclic) bond motifs is 1. The molecule has 3 rings (SSSR count). The quantitative estimate of drug-likeness (QED) is 0.620. The van der Waals surface area contributed by atoms with Crippen molar-refractivity contribution in [1.29, 1.82) is 0 Å². The average molecular weight is 415 g/mol. The van der Waals surface area contributed by atoms with Gasteiger partial charge in [-0.2, -0.15) is 9.97 Å². The van der Waals surface area contributed by atoms with Crippen molar-refractivity contribution >= 4 is 28.8 Å². The molecular formula is C20H25N5O5. The molecule has 1 saturated heterocycles. The van der Waals surface area contributed by atoms with Gasteiger partial charge in [-0.25, -0.2) is 0 Å². The van der Waals surface area contributed by atoms with E-state index in [9.17, 15) is 14.7 Å². The van der Waals surface area contributed by atoms with Crippen LogP contribution in [0.15, 0.2) is 6.20 Å². The average Bonchev–Trinajstić information content (AvgIpc) is 3.24. The maximum atomic E-state index is 11.5. The lowest BCUT2D eigenvalue weighted by molar-refractivity contribution is -0.118. The summed E-state index contributed by atoms with van der Waals surface area (Å²) in [4.78, 5) is 31.3. The number of carbonyl (C=O) groups is 2. The van der Waals surface area contributed by atoms with Gasteiger partial charge in [0.1, 0.15) is 6.23 Å². The Labute approximate surface area is 174 Å². The smallest absolute Gasteiger partial charge is 0.234 e. The first-order chi connectivity index (χ1) is 14.3. The number of nitrogens with one attached hydrogen (secondary N) is 2. The number of aromatic nitrogens is 3. The second kappa shape index (κ2) is 9.11. The van der Waals surface area contributed by atoms with Crippen LogP contribution in [0.25, 0.3) is 11.0 Å². The number of carbonyl (C=O) groups excluding carboxylic acids is 2. The number of aliphatic hydroxyl groups excluding tert-OH is 1. The molecule has 10 nitrogen and oxygen atoms in total. The van der Waals surface area contributed by atoms with E-state index in [4.69, 9.17) is 9.47 Å². The van der Waals surface area contributed by atoms with Crippen molar-refractivity contribution in [2.24, 2.45) is 0 Å². The van der Waals surface area contributed by atoms with Gasteiger partial charge in [0.15, 0.2) is 5.65 Å². The largest absolute Gasteiger partial charge is 0.480 e. The van der Waals surface area contributed by atoms with Gasteiger partial charge >= 0.3 is 0 Å². The van der Waals surface area contributed by atoms with E-state index in [1.54, 1.807) is 10.8 Å². The Morgan fingerprint density at radius 3 is 2.73 bits per heavy atom. The molecule has 1 fully saturated rings. The van der Waals surface area contributed by atoms with Crippen molar-refractivity contribution in [3.8, 4) is 17.7 Å². The predicted molar refractivity (Wildman–Crippen MR) is 109 cm³/mol. The molecular weight excluding hydrogens is 390 g/mol.